The summed E-state index contributed by atoms with van der Waals surface area (Å²) in [5.41, 5.74) is 6.70. The summed E-state index contributed by atoms with van der Waals surface area (Å²) < 4.78 is 5.03. The maximum absolute atomic E-state index is 11.4. The van der Waals surface area contributed by atoms with Crippen molar-refractivity contribution in [3.8, 4) is 0 Å². The average molecular weight is 474 g/mol. The molecule has 5 heteroatoms. The van der Waals surface area contributed by atoms with Gasteiger partial charge in [0.2, 0.25) is 0 Å². The maximum atomic E-state index is 11.4. The third-order valence-electron chi connectivity index (χ3n) is 6.21. The van der Waals surface area contributed by atoms with E-state index in [4.69, 9.17) is 15.6 Å². The van der Waals surface area contributed by atoms with Gasteiger partial charge in [-0.05, 0) is 62.3 Å². The molecule has 192 valence electrons. The van der Waals surface area contributed by atoms with E-state index >= 15 is 0 Å². The van der Waals surface area contributed by atoms with Gasteiger partial charge >= 0.3 is 11.9 Å². The number of ether oxygens (including phenoxy) is 1. The number of aliphatic carboxylic acids is 1. The van der Waals surface area contributed by atoms with Gasteiger partial charge in [0.1, 0.15) is 0 Å². The number of carboxylic acid groups (broad SMARTS) is 1. The Morgan fingerprint density at radius 1 is 0.912 bits per heavy atom. The summed E-state index contributed by atoms with van der Waals surface area (Å²) >= 11 is 0. The first-order valence-electron chi connectivity index (χ1n) is 13.4. The molecule has 1 aliphatic rings. The number of hydrogen-bond donors (Lipinski definition) is 2. The fourth-order valence-corrected chi connectivity index (χ4v) is 4.04. The Hall–Kier alpha value is -2.30. The average Bonchev–Trinajstić information content (AvgIpc) is 3.34. The van der Waals surface area contributed by atoms with Gasteiger partial charge in [0, 0.05) is 12.1 Å². The highest BCUT2D eigenvalue weighted by molar-refractivity contribution is 5.89. The molecule has 0 bridgehead atoms. The van der Waals surface area contributed by atoms with Crippen LogP contribution in [0, 0.1) is 5.92 Å². The second-order valence-electron chi connectivity index (χ2n) is 9.35. The van der Waals surface area contributed by atoms with E-state index < -0.39 is 5.97 Å². The van der Waals surface area contributed by atoms with E-state index in [0.29, 0.717) is 24.3 Å². The molecule has 5 nitrogen and oxygen atoms in total. The number of anilines is 1. The second kappa shape index (κ2) is 20.1. The summed E-state index contributed by atoms with van der Waals surface area (Å²) in [5, 5.41) is 8.52. The number of nitrogens with two attached hydrogens (primary N) is 1. The molecule has 0 saturated heterocycles. The van der Waals surface area contributed by atoms with Crippen molar-refractivity contribution in [3.63, 3.8) is 0 Å². The van der Waals surface area contributed by atoms with Crippen molar-refractivity contribution in [2.75, 3.05) is 12.3 Å². The Morgan fingerprint density at radius 2 is 1.50 bits per heavy atom. The van der Waals surface area contributed by atoms with Crippen LogP contribution in [-0.2, 0) is 9.53 Å². The van der Waals surface area contributed by atoms with Crippen LogP contribution in [0.1, 0.15) is 120 Å². The number of carbonyl (C=O) groups excluding carboxylic acids is 1. The minimum atomic E-state index is -0.655. The number of rotatable bonds is 17. The topological polar surface area (TPSA) is 89.6 Å². The van der Waals surface area contributed by atoms with Crippen molar-refractivity contribution in [3.05, 3.63) is 42.0 Å². The lowest BCUT2D eigenvalue weighted by Gasteiger charge is -2.06. The van der Waals surface area contributed by atoms with Crippen LogP contribution in [-0.4, -0.2) is 23.7 Å². The molecular formula is C29H47NO4. The Bertz CT molecular complexity index is 684. The van der Waals surface area contributed by atoms with Crippen LogP contribution in [0.5, 0.6) is 0 Å². The summed E-state index contributed by atoms with van der Waals surface area (Å²) in [5.74, 6) is -0.0441. The Balaban J connectivity index is 0.000000362. The van der Waals surface area contributed by atoms with Gasteiger partial charge in [-0.3, -0.25) is 4.79 Å². The predicted molar refractivity (Wildman–Crippen MR) is 141 cm³/mol. The molecule has 0 aromatic heterocycles. The van der Waals surface area contributed by atoms with E-state index in [2.05, 4.69) is 19.1 Å². The zero-order valence-corrected chi connectivity index (χ0v) is 21.3. The third-order valence-corrected chi connectivity index (χ3v) is 6.21. The van der Waals surface area contributed by atoms with Gasteiger partial charge in [-0.1, -0.05) is 83.3 Å². The van der Waals surface area contributed by atoms with Crippen molar-refractivity contribution in [2.24, 2.45) is 5.92 Å². The molecule has 0 spiro atoms. The van der Waals surface area contributed by atoms with E-state index in [1.165, 1.54) is 70.6 Å². The van der Waals surface area contributed by atoms with Gasteiger partial charge in [0.15, 0.2) is 0 Å². The highest BCUT2D eigenvalue weighted by Gasteiger charge is 2.08. The number of allylic oxidation sites excluding steroid dienone is 2. The van der Waals surface area contributed by atoms with E-state index in [1.807, 2.05) is 0 Å². The minimum absolute atomic E-state index is 0.279. The normalized spacial score (nSPS) is 14.4. The monoisotopic (exact) mass is 473 g/mol. The lowest BCUT2D eigenvalue weighted by Crippen LogP contribution is -2.06. The first kappa shape index (κ1) is 29.7. The van der Waals surface area contributed by atoms with E-state index in [1.54, 1.807) is 24.3 Å². The number of esters is 1. The number of unbranched alkanes of at least 4 members (excludes halogenated alkanes) is 10. The first-order chi connectivity index (χ1) is 16.5. The van der Waals surface area contributed by atoms with Crippen LogP contribution in [0.4, 0.5) is 5.69 Å². The molecule has 0 radical (unpaired) electrons. The van der Waals surface area contributed by atoms with Gasteiger partial charge in [-0.25, -0.2) is 4.79 Å². The summed E-state index contributed by atoms with van der Waals surface area (Å²) in [6.45, 7) is 2.54. The standard InChI is InChI=1S/C18H32O2.C11H15NO2/c19-18(20)16-10-8-6-4-2-1-3-5-7-9-13-17-14-11-12-15-17;1-2-3-8-14-11(13)9-4-6-10(12)7-5-9/h11,14,17H,1-10,12-13,15-16H2,(H,19,20);4-7H,2-3,8,12H2,1H3. The molecule has 0 saturated carbocycles. The second-order valence-corrected chi connectivity index (χ2v) is 9.35. The molecule has 0 heterocycles. The molecule has 0 fully saturated rings. The Kier molecular flexibility index (Phi) is 17.6. The fraction of sp³-hybridized carbons (Fsp3) is 0.655. The van der Waals surface area contributed by atoms with Crippen molar-refractivity contribution in [2.45, 2.75) is 110 Å². The summed E-state index contributed by atoms with van der Waals surface area (Å²) in [4.78, 5) is 21.7. The minimum Gasteiger partial charge on any atom is -0.481 e. The molecule has 1 unspecified atom stereocenters. The van der Waals surface area contributed by atoms with E-state index in [0.717, 1.165) is 31.6 Å². The molecule has 1 aliphatic carbocycles. The van der Waals surface area contributed by atoms with E-state index in [-0.39, 0.29) is 5.97 Å². The van der Waals surface area contributed by atoms with Gasteiger partial charge < -0.3 is 15.6 Å². The Labute approximate surface area is 207 Å². The summed E-state index contributed by atoms with van der Waals surface area (Å²) in [6.07, 6.45) is 23.8. The lowest BCUT2D eigenvalue weighted by atomic mass is 9.99. The van der Waals surface area contributed by atoms with Crippen molar-refractivity contribution in [1.29, 1.82) is 0 Å². The largest absolute Gasteiger partial charge is 0.481 e. The van der Waals surface area contributed by atoms with Gasteiger partial charge in [-0.2, -0.15) is 0 Å². The maximum Gasteiger partial charge on any atom is 0.338 e. The molecule has 3 N–H and O–H groups in total. The molecule has 0 amide bonds. The molecule has 2 rings (SSSR count). The van der Waals surface area contributed by atoms with E-state index in [9.17, 15) is 9.59 Å². The van der Waals surface area contributed by atoms with Crippen LogP contribution in [0.15, 0.2) is 36.4 Å². The zero-order chi connectivity index (χ0) is 24.9. The van der Waals surface area contributed by atoms with Crippen LogP contribution < -0.4 is 5.73 Å². The summed E-state index contributed by atoms with van der Waals surface area (Å²) in [6, 6.07) is 6.72. The number of carboxylic acids is 1. The highest BCUT2D eigenvalue weighted by atomic mass is 16.5. The first-order valence-corrected chi connectivity index (χ1v) is 13.4. The molecule has 1 aromatic rings. The van der Waals surface area contributed by atoms with Gasteiger partial charge in [0.25, 0.3) is 0 Å². The van der Waals surface area contributed by atoms with Crippen molar-refractivity contribution < 1.29 is 19.4 Å². The predicted octanol–water partition coefficient (Wildman–Crippen LogP) is 7.94. The molecule has 1 aromatic carbocycles. The van der Waals surface area contributed by atoms with Crippen LogP contribution in [0.3, 0.4) is 0 Å². The Morgan fingerprint density at radius 3 is 2.03 bits per heavy atom. The van der Waals surface area contributed by atoms with Crippen molar-refractivity contribution in [1.82, 2.24) is 0 Å². The summed E-state index contributed by atoms with van der Waals surface area (Å²) in [7, 11) is 0. The van der Waals surface area contributed by atoms with Gasteiger partial charge in [0.05, 0.1) is 12.2 Å². The number of benzene rings is 1. The van der Waals surface area contributed by atoms with Crippen LogP contribution in [0.25, 0.3) is 0 Å². The molecular weight excluding hydrogens is 426 g/mol. The van der Waals surface area contributed by atoms with Crippen molar-refractivity contribution >= 4 is 17.6 Å². The third kappa shape index (κ3) is 16.3. The quantitative estimate of drug-likeness (QED) is 0.104. The van der Waals surface area contributed by atoms with Crippen LogP contribution in [0.2, 0.25) is 0 Å². The van der Waals surface area contributed by atoms with Crippen LogP contribution >= 0.6 is 0 Å². The fourth-order valence-electron chi connectivity index (χ4n) is 4.04. The number of hydrogen-bond acceptors (Lipinski definition) is 4. The van der Waals surface area contributed by atoms with Gasteiger partial charge in [-0.15, -0.1) is 0 Å². The highest BCUT2D eigenvalue weighted by Crippen LogP contribution is 2.23. The molecule has 1 atom stereocenters. The molecule has 0 aliphatic heterocycles. The zero-order valence-electron chi connectivity index (χ0n) is 21.3. The lowest BCUT2D eigenvalue weighted by molar-refractivity contribution is -0.137. The number of nitrogen functional groups attached to an aromatic ring is 1. The SMILES string of the molecule is CCCCOC(=O)c1ccc(N)cc1.O=C(O)CCCCCCCCCCCCC1C=CCC1. The molecule has 34 heavy (non-hydrogen) atoms. The smallest absolute Gasteiger partial charge is 0.338 e. The number of carbonyl (C=O) groups is 2.